The summed E-state index contributed by atoms with van der Waals surface area (Å²) < 4.78 is 5.56. The van der Waals surface area contributed by atoms with Crippen LogP contribution in [0.5, 0.6) is 0 Å². The Balaban J connectivity index is 1.85. The van der Waals surface area contributed by atoms with Crippen LogP contribution in [0.4, 0.5) is 4.79 Å². The van der Waals surface area contributed by atoms with Gasteiger partial charge in [-0.3, -0.25) is 0 Å². The average molecular weight is 239 g/mol. The summed E-state index contributed by atoms with van der Waals surface area (Å²) in [6.45, 7) is 4.38. The van der Waals surface area contributed by atoms with E-state index in [-0.39, 0.29) is 11.6 Å². The lowest BCUT2D eigenvalue weighted by Gasteiger charge is -2.40. The minimum atomic E-state index is -0.0339. The molecular weight excluding hydrogens is 218 g/mol. The molecule has 3 aliphatic heterocycles. The molecule has 3 rings (SSSR count). The first kappa shape index (κ1) is 11.3. The number of piperidine rings is 1. The van der Waals surface area contributed by atoms with E-state index in [0.29, 0.717) is 12.6 Å². The van der Waals surface area contributed by atoms with Crippen LogP contribution in [0.25, 0.3) is 0 Å². The van der Waals surface area contributed by atoms with Gasteiger partial charge in [0.05, 0.1) is 12.1 Å². The molecule has 1 spiro atoms. The first-order valence-corrected chi connectivity index (χ1v) is 6.56. The number of hydrogen-bond acceptors (Lipinski definition) is 3. The van der Waals surface area contributed by atoms with Gasteiger partial charge >= 0.3 is 6.03 Å². The number of urea groups is 1. The first-order chi connectivity index (χ1) is 8.23. The van der Waals surface area contributed by atoms with Crippen molar-refractivity contribution in [3.8, 4) is 0 Å². The van der Waals surface area contributed by atoms with Gasteiger partial charge in [-0.2, -0.15) is 0 Å². The van der Waals surface area contributed by atoms with E-state index in [1.807, 2.05) is 11.9 Å². The molecule has 5 heteroatoms. The minimum absolute atomic E-state index is 0.0339. The van der Waals surface area contributed by atoms with E-state index < -0.39 is 0 Å². The van der Waals surface area contributed by atoms with Gasteiger partial charge in [0, 0.05) is 26.2 Å². The molecule has 3 heterocycles. The third-order valence-corrected chi connectivity index (χ3v) is 4.33. The van der Waals surface area contributed by atoms with Gasteiger partial charge in [-0.15, -0.1) is 0 Å². The van der Waals surface area contributed by atoms with Gasteiger partial charge < -0.3 is 19.9 Å². The van der Waals surface area contributed by atoms with Gasteiger partial charge in [-0.25, -0.2) is 4.79 Å². The highest BCUT2D eigenvalue weighted by atomic mass is 16.5. The number of nitrogens with one attached hydrogen (secondary N) is 1. The fourth-order valence-electron chi connectivity index (χ4n) is 3.49. The molecule has 0 aromatic carbocycles. The molecule has 1 atom stereocenters. The number of hydrogen-bond donors (Lipinski definition) is 1. The molecule has 3 fully saturated rings. The van der Waals surface area contributed by atoms with E-state index in [2.05, 4.69) is 10.2 Å². The third kappa shape index (κ3) is 1.72. The summed E-state index contributed by atoms with van der Waals surface area (Å²) in [7, 11) is 1.91. The molecule has 0 aromatic rings. The second-order valence-electron chi connectivity index (χ2n) is 5.52. The number of ether oxygens (including phenoxy) is 1. The maximum atomic E-state index is 12.3. The molecule has 2 amide bonds. The van der Waals surface area contributed by atoms with Crippen LogP contribution in [0.2, 0.25) is 0 Å². The van der Waals surface area contributed by atoms with Crippen molar-refractivity contribution in [2.75, 3.05) is 39.9 Å². The molecule has 3 aliphatic rings. The summed E-state index contributed by atoms with van der Waals surface area (Å²) in [5.41, 5.74) is -0.0339. The van der Waals surface area contributed by atoms with E-state index >= 15 is 0 Å². The number of carbonyl (C=O) groups is 1. The van der Waals surface area contributed by atoms with Gasteiger partial charge in [0.1, 0.15) is 0 Å². The Morgan fingerprint density at radius 1 is 1.41 bits per heavy atom. The zero-order valence-corrected chi connectivity index (χ0v) is 10.4. The summed E-state index contributed by atoms with van der Waals surface area (Å²) in [4.78, 5) is 16.3. The molecule has 1 N–H and O–H groups in total. The van der Waals surface area contributed by atoms with Crippen LogP contribution >= 0.6 is 0 Å². The number of rotatable bonds is 1. The Morgan fingerprint density at radius 2 is 2.18 bits per heavy atom. The van der Waals surface area contributed by atoms with Crippen molar-refractivity contribution in [1.82, 2.24) is 15.1 Å². The maximum Gasteiger partial charge on any atom is 0.320 e. The number of nitrogens with zero attached hydrogens (tertiary/aromatic N) is 2. The summed E-state index contributed by atoms with van der Waals surface area (Å²) in [6.07, 6.45) is 3.13. The van der Waals surface area contributed by atoms with Crippen molar-refractivity contribution < 1.29 is 9.53 Å². The van der Waals surface area contributed by atoms with Crippen LogP contribution in [-0.2, 0) is 4.74 Å². The zero-order valence-electron chi connectivity index (χ0n) is 10.4. The van der Waals surface area contributed by atoms with Crippen molar-refractivity contribution in [3.63, 3.8) is 0 Å². The Labute approximate surface area is 102 Å². The molecule has 0 radical (unpaired) electrons. The van der Waals surface area contributed by atoms with Gasteiger partial charge in [0.25, 0.3) is 0 Å². The van der Waals surface area contributed by atoms with Crippen LogP contribution in [-0.4, -0.2) is 67.3 Å². The van der Waals surface area contributed by atoms with Gasteiger partial charge in [0.2, 0.25) is 0 Å². The van der Waals surface area contributed by atoms with Crippen molar-refractivity contribution in [3.05, 3.63) is 0 Å². The second kappa shape index (κ2) is 4.14. The standard InChI is InChI=1S/C12H21N3O2/c1-14-8-12(4-7-17-9-12)15(11(14)16)10-2-5-13-6-3-10/h10,13H,2-9H2,1H3/t12-/m0/s1. The lowest BCUT2D eigenvalue weighted by molar-refractivity contribution is 0.0807. The molecule has 0 bridgehead atoms. The van der Waals surface area contributed by atoms with Crippen molar-refractivity contribution >= 4 is 6.03 Å². The lowest BCUT2D eigenvalue weighted by Crippen LogP contribution is -2.55. The van der Waals surface area contributed by atoms with E-state index in [9.17, 15) is 4.79 Å². The highest BCUT2D eigenvalue weighted by molar-refractivity contribution is 5.78. The fourth-order valence-corrected chi connectivity index (χ4v) is 3.49. The molecule has 5 nitrogen and oxygen atoms in total. The second-order valence-corrected chi connectivity index (χ2v) is 5.52. The summed E-state index contributed by atoms with van der Waals surface area (Å²) in [5.74, 6) is 0. The van der Waals surface area contributed by atoms with E-state index in [1.54, 1.807) is 0 Å². The predicted molar refractivity (Wildman–Crippen MR) is 63.9 cm³/mol. The average Bonchev–Trinajstić information content (AvgIpc) is 2.88. The minimum Gasteiger partial charge on any atom is -0.379 e. The monoisotopic (exact) mass is 239 g/mol. The smallest absolute Gasteiger partial charge is 0.320 e. The highest BCUT2D eigenvalue weighted by Crippen LogP contribution is 2.36. The molecule has 0 aliphatic carbocycles. The Bertz CT molecular complexity index is 309. The predicted octanol–water partition coefficient (Wildman–Crippen LogP) is 0.265. The Hall–Kier alpha value is -0.810. The van der Waals surface area contributed by atoms with Crippen LogP contribution in [0, 0.1) is 0 Å². The molecule has 96 valence electrons. The van der Waals surface area contributed by atoms with E-state index in [1.165, 1.54) is 0 Å². The van der Waals surface area contributed by atoms with Gasteiger partial charge in [-0.05, 0) is 32.4 Å². The van der Waals surface area contributed by atoms with Gasteiger partial charge in [0.15, 0.2) is 0 Å². The molecular formula is C12H21N3O2. The Kier molecular flexibility index (Phi) is 2.75. The van der Waals surface area contributed by atoms with Crippen LogP contribution in [0.3, 0.4) is 0 Å². The zero-order chi connectivity index (χ0) is 11.9. The van der Waals surface area contributed by atoms with E-state index in [4.69, 9.17) is 4.74 Å². The van der Waals surface area contributed by atoms with Crippen molar-refractivity contribution in [2.45, 2.75) is 30.8 Å². The number of carbonyl (C=O) groups excluding carboxylic acids is 1. The molecule has 0 unspecified atom stereocenters. The van der Waals surface area contributed by atoms with Crippen LogP contribution < -0.4 is 5.32 Å². The van der Waals surface area contributed by atoms with Crippen LogP contribution in [0.1, 0.15) is 19.3 Å². The highest BCUT2D eigenvalue weighted by Gasteiger charge is 2.53. The van der Waals surface area contributed by atoms with E-state index in [0.717, 1.165) is 45.5 Å². The maximum absolute atomic E-state index is 12.3. The fraction of sp³-hybridized carbons (Fsp3) is 0.917. The quantitative estimate of drug-likeness (QED) is 0.714. The molecule has 17 heavy (non-hydrogen) atoms. The molecule has 0 saturated carbocycles. The van der Waals surface area contributed by atoms with Gasteiger partial charge in [-0.1, -0.05) is 0 Å². The first-order valence-electron chi connectivity index (χ1n) is 6.56. The molecule has 3 saturated heterocycles. The molecule has 0 aromatic heterocycles. The summed E-state index contributed by atoms with van der Waals surface area (Å²) in [5, 5.41) is 3.36. The lowest BCUT2D eigenvalue weighted by atomic mass is 9.93. The van der Waals surface area contributed by atoms with Crippen molar-refractivity contribution in [2.24, 2.45) is 0 Å². The SMILES string of the molecule is CN1C[C@]2(CCOC2)N(C2CCNCC2)C1=O. The number of likely N-dealkylation sites (N-methyl/N-ethyl adjacent to an activating group) is 1. The van der Waals surface area contributed by atoms with Crippen LogP contribution in [0.15, 0.2) is 0 Å². The normalized spacial score (nSPS) is 35.2. The summed E-state index contributed by atoms with van der Waals surface area (Å²) in [6, 6.07) is 0.595. The third-order valence-electron chi connectivity index (χ3n) is 4.33. The largest absolute Gasteiger partial charge is 0.379 e. The number of amides is 2. The Morgan fingerprint density at radius 3 is 2.82 bits per heavy atom. The summed E-state index contributed by atoms with van der Waals surface area (Å²) >= 11 is 0. The topological polar surface area (TPSA) is 44.8 Å². The van der Waals surface area contributed by atoms with Crippen molar-refractivity contribution in [1.29, 1.82) is 0 Å².